The first-order valence-corrected chi connectivity index (χ1v) is 3.85. The molecule has 4 nitrogen and oxygen atoms in total. The fraction of sp³-hybridized carbons (Fsp3) is 0.714. The van der Waals surface area contributed by atoms with Gasteiger partial charge in [0.15, 0.2) is 5.81 Å². The molecular weight excluding hydrogens is 157 g/mol. The first-order valence-electron chi connectivity index (χ1n) is 3.85. The number of carbonyl (C=O) groups excluding carboxylic acids is 1. The van der Waals surface area contributed by atoms with Gasteiger partial charge in [0, 0.05) is 19.5 Å². The third kappa shape index (κ3) is 2.25. The molecule has 0 aromatic heterocycles. The lowest BCUT2D eigenvalue weighted by molar-refractivity contribution is -0.138. The van der Waals surface area contributed by atoms with Crippen LogP contribution in [0.5, 0.6) is 0 Å². The summed E-state index contributed by atoms with van der Waals surface area (Å²) in [4.78, 5) is 22.4. The number of carboxylic acids is 1. The van der Waals surface area contributed by atoms with E-state index in [-0.39, 0.29) is 12.3 Å². The van der Waals surface area contributed by atoms with Crippen molar-refractivity contribution in [2.45, 2.75) is 12.8 Å². The third-order valence-corrected chi connectivity index (χ3v) is 2.06. The van der Waals surface area contributed by atoms with Gasteiger partial charge in [-0.05, 0) is 12.3 Å². The van der Waals surface area contributed by atoms with Crippen LogP contribution in [0, 0.1) is 5.92 Å². The highest BCUT2D eigenvalue weighted by atomic mass is 16.4. The summed E-state index contributed by atoms with van der Waals surface area (Å²) < 4.78 is 0. The number of carboxylic acid groups (broad SMARTS) is 1. The second kappa shape index (κ2) is 3.60. The van der Waals surface area contributed by atoms with Crippen molar-refractivity contribution in [1.82, 2.24) is 4.90 Å². The maximum atomic E-state index is 10.6. The minimum absolute atomic E-state index is 0.0787. The first kappa shape index (κ1) is 9.10. The zero-order chi connectivity index (χ0) is 9.14. The summed E-state index contributed by atoms with van der Waals surface area (Å²) in [5.74, 6) is -1.19. The molecule has 5 heteroatoms. The topological polar surface area (TPSA) is 57.6 Å². The molecule has 64 valence electrons. The molecule has 0 aromatic rings. The van der Waals surface area contributed by atoms with Crippen LogP contribution >= 0.6 is 0 Å². The van der Waals surface area contributed by atoms with Gasteiger partial charge in [0.1, 0.15) is 0 Å². The number of nitrogens with zero attached hydrogens (tertiary/aromatic N) is 1. The summed E-state index contributed by atoms with van der Waals surface area (Å²) in [6, 6.07) is 0. The van der Waals surface area contributed by atoms with Gasteiger partial charge >= 0.3 is 5.97 Å². The molecule has 1 atom stereocenters. The van der Waals surface area contributed by atoms with Gasteiger partial charge < -0.3 is 10.0 Å². The van der Waals surface area contributed by atoms with Crippen molar-refractivity contribution in [1.29, 1.82) is 0 Å². The molecule has 12 heavy (non-hydrogen) atoms. The maximum Gasteiger partial charge on any atom is 0.303 e. The van der Waals surface area contributed by atoms with E-state index < -0.39 is 11.8 Å². The largest absolute Gasteiger partial charge is 0.481 e. The Morgan fingerprint density at radius 2 is 2.25 bits per heavy atom. The second-order valence-electron chi connectivity index (χ2n) is 3.04. The van der Waals surface area contributed by atoms with Gasteiger partial charge in [-0.25, -0.2) is 0 Å². The Morgan fingerprint density at radius 1 is 1.58 bits per heavy atom. The van der Waals surface area contributed by atoms with Crippen molar-refractivity contribution in [3.8, 4) is 0 Å². The number of rotatable bonds is 2. The van der Waals surface area contributed by atoms with Gasteiger partial charge in [-0.15, -0.1) is 0 Å². The number of amides is 1. The summed E-state index contributed by atoms with van der Waals surface area (Å²) in [5.41, 5.74) is 0. The molecule has 1 aliphatic heterocycles. The van der Waals surface area contributed by atoms with E-state index in [1.54, 1.807) is 0 Å². The number of hydrogen-bond donors (Lipinski definition) is 1. The Balaban J connectivity index is 2.35. The molecule has 0 aliphatic carbocycles. The predicted molar refractivity (Wildman–Crippen MR) is 43.1 cm³/mol. The van der Waals surface area contributed by atoms with Crippen molar-refractivity contribution >= 4 is 19.6 Å². The second-order valence-corrected chi connectivity index (χ2v) is 3.04. The fourth-order valence-corrected chi connectivity index (χ4v) is 1.45. The molecule has 1 heterocycles. The van der Waals surface area contributed by atoms with Gasteiger partial charge in [-0.3, -0.25) is 9.59 Å². The zero-order valence-electron chi connectivity index (χ0n) is 6.69. The molecule has 0 spiro atoms. The van der Waals surface area contributed by atoms with Gasteiger partial charge in [0.25, 0.3) is 0 Å². The zero-order valence-corrected chi connectivity index (χ0v) is 6.69. The van der Waals surface area contributed by atoms with Crippen LogP contribution in [0.1, 0.15) is 12.8 Å². The molecule has 0 aromatic carbocycles. The van der Waals surface area contributed by atoms with Gasteiger partial charge in [-0.1, -0.05) is 0 Å². The summed E-state index contributed by atoms with van der Waals surface area (Å²) in [6.07, 6.45) is 0.874. The minimum atomic E-state index is -0.814. The smallest absolute Gasteiger partial charge is 0.303 e. The number of carbonyl (C=O) groups is 2. The highest BCUT2D eigenvalue weighted by molar-refractivity contribution is 6.56. The molecule has 1 aliphatic rings. The van der Waals surface area contributed by atoms with Crippen molar-refractivity contribution in [3.05, 3.63) is 0 Å². The predicted octanol–water partition coefficient (Wildman–Crippen LogP) is 0.0715. The lowest BCUT2D eigenvalue weighted by atomic mass is 10.1. The molecule has 1 unspecified atom stereocenters. The Bertz CT molecular complexity index is 207. The lowest BCUT2D eigenvalue weighted by Crippen LogP contribution is -2.27. The van der Waals surface area contributed by atoms with Gasteiger partial charge in [-0.2, -0.15) is 0 Å². The van der Waals surface area contributed by atoms with E-state index in [9.17, 15) is 9.59 Å². The highest BCUT2D eigenvalue weighted by Crippen LogP contribution is 2.18. The summed E-state index contributed by atoms with van der Waals surface area (Å²) in [6.45, 7) is 1.08. The minimum Gasteiger partial charge on any atom is -0.481 e. The normalized spacial score (nSPS) is 22.7. The lowest BCUT2D eigenvalue weighted by Gasteiger charge is -2.13. The molecule has 1 fully saturated rings. The van der Waals surface area contributed by atoms with Crippen LogP contribution in [0.15, 0.2) is 0 Å². The summed E-state index contributed by atoms with van der Waals surface area (Å²) >= 11 is 0. The summed E-state index contributed by atoms with van der Waals surface area (Å²) in [5, 5.41) is 8.46. The Morgan fingerprint density at radius 3 is 2.67 bits per heavy atom. The SMILES string of the molecule is [B]C(=O)N1CCC(CC(=O)O)C1. The molecule has 1 N–H and O–H groups in total. The van der Waals surface area contributed by atoms with Crippen LogP contribution in [0.4, 0.5) is 4.79 Å². The Hall–Kier alpha value is -0.995. The van der Waals surface area contributed by atoms with Crippen molar-refractivity contribution in [2.24, 2.45) is 5.92 Å². The number of hydrogen-bond acceptors (Lipinski definition) is 2. The number of likely N-dealkylation sites (tertiary alicyclic amines) is 1. The molecule has 1 rings (SSSR count). The quantitative estimate of drug-likeness (QED) is 0.592. The molecule has 2 radical (unpaired) electrons. The number of aliphatic carboxylic acids is 1. The third-order valence-electron chi connectivity index (χ3n) is 2.06. The molecule has 0 saturated carbocycles. The summed E-state index contributed by atoms with van der Waals surface area (Å²) in [7, 11) is 5.03. The van der Waals surface area contributed by atoms with E-state index in [1.807, 2.05) is 0 Å². The Labute approximate surface area is 72.0 Å². The van der Waals surface area contributed by atoms with Crippen LogP contribution in [-0.4, -0.2) is 42.7 Å². The monoisotopic (exact) mass is 167 g/mol. The van der Waals surface area contributed by atoms with E-state index in [2.05, 4.69) is 0 Å². The van der Waals surface area contributed by atoms with Crippen LogP contribution < -0.4 is 0 Å². The van der Waals surface area contributed by atoms with E-state index in [0.717, 1.165) is 6.42 Å². The fourth-order valence-electron chi connectivity index (χ4n) is 1.45. The average Bonchev–Trinajstić information content (AvgIpc) is 2.34. The molecule has 1 saturated heterocycles. The Kier molecular flexibility index (Phi) is 2.73. The van der Waals surface area contributed by atoms with Crippen LogP contribution in [-0.2, 0) is 4.79 Å². The van der Waals surface area contributed by atoms with Crippen molar-refractivity contribution in [2.75, 3.05) is 13.1 Å². The van der Waals surface area contributed by atoms with Crippen molar-refractivity contribution in [3.63, 3.8) is 0 Å². The standard InChI is InChI=1S/C7H10BNO3/c8-7(12)9-2-1-5(4-9)3-6(10)11/h5H,1-4H2,(H,10,11). The van der Waals surface area contributed by atoms with Crippen molar-refractivity contribution < 1.29 is 14.7 Å². The van der Waals surface area contributed by atoms with Gasteiger partial charge in [0.2, 0.25) is 7.85 Å². The van der Waals surface area contributed by atoms with Crippen LogP contribution in [0.3, 0.4) is 0 Å². The highest BCUT2D eigenvalue weighted by Gasteiger charge is 2.25. The first-order chi connectivity index (χ1) is 5.59. The van der Waals surface area contributed by atoms with E-state index in [1.165, 1.54) is 4.90 Å². The van der Waals surface area contributed by atoms with E-state index in [0.29, 0.717) is 13.1 Å². The van der Waals surface area contributed by atoms with Gasteiger partial charge in [0.05, 0.1) is 0 Å². The average molecular weight is 167 g/mol. The van der Waals surface area contributed by atoms with E-state index in [4.69, 9.17) is 13.0 Å². The van der Waals surface area contributed by atoms with E-state index >= 15 is 0 Å². The van der Waals surface area contributed by atoms with Crippen LogP contribution in [0.2, 0.25) is 0 Å². The molecule has 1 amide bonds. The van der Waals surface area contributed by atoms with Crippen LogP contribution in [0.25, 0.3) is 0 Å². The molecule has 0 bridgehead atoms. The molecular formula is C7H10BNO3. The maximum absolute atomic E-state index is 10.6.